The van der Waals surface area contributed by atoms with Gasteiger partial charge in [-0.1, -0.05) is 0 Å². The highest BCUT2D eigenvalue weighted by Gasteiger charge is 2.34. The summed E-state index contributed by atoms with van der Waals surface area (Å²) in [5, 5.41) is 0. The second kappa shape index (κ2) is 5.40. The molecule has 0 atom stereocenters. The quantitative estimate of drug-likeness (QED) is 0.936. The highest BCUT2D eigenvalue weighted by atomic mass is 19.4. The summed E-state index contributed by atoms with van der Waals surface area (Å²) in [6.45, 7) is 2.56. The summed E-state index contributed by atoms with van der Waals surface area (Å²) in [7, 11) is 0. The normalized spacial score (nSPS) is 11.6. The summed E-state index contributed by atoms with van der Waals surface area (Å²) < 4.78 is 43.3. The van der Waals surface area contributed by atoms with Gasteiger partial charge in [-0.2, -0.15) is 18.2 Å². The predicted octanol–water partition coefficient (Wildman–Crippen LogP) is 2.70. The summed E-state index contributed by atoms with van der Waals surface area (Å²) in [6, 6.07) is 4.32. The molecular formula is C12H13F3N4O. The van der Waals surface area contributed by atoms with Crippen LogP contribution >= 0.6 is 0 Å². The maximum atomic E-state index is 12.7. The molecule has 0 radical (unpaired) electrons. The van der Waals surface area contributed by atoms with Crippen LogP contribution in [0.1, 0.15) is 18.4 Å². The zero-order valence-corrected chi connectivity index (χ0v) is 10.7. The fraction of sp³-hybridized carbons (Fsp3) is 0.333. The summed E-state index contributed by atoms with van der Waals surface area (Å²) in [6.07, 6.45) is -3.06. The number of rotatable bonds is 4. The van der Waals surface area contributed by atoms with Crippen LogP contribution in [-0.2, 0) is 12.7 Å². The van der Waals surface area contributed by atoms with E-state index in [9.17, 15) is 13.2 Å². The minimum atomic E-state index is -4.56. The van der Waals surface area contributed by atoms with Gasteiger partial charge in [0.05, 0.1) is 12.8 Å². The fourth-order valence-corrected chi connectivity index (χ4v) is 1.71. The lowest BCUT2D eigenvalue weighted by Crippen LogP contribution is -2.24. The molecule has 20 heavy (non-hydrogen) atoms. The van der Waals surface area contributed by atoms with E-state index >= 15 is 0 Å². The van der Waals surface area contributed by atoms with Crippen LogP contribution in [0.2, 0.25) is 0 Å². The molecule has 8 heteroatoms. The maximum Gasteiger partial charge on any atom is 0.433 e. The predicted molar refractivity (Wildman–Crippen MR) is 66.9 cm³/mol. The molecule has 2 N–H and O–H groups in total. The third-order valence-corrected chi connectivity index (χ3v) is 2.65. The van der Waals surface area contributed by atoms with Crippen molar-refractivity contribution in [2.75, 3.05) is 17.2 Å². The Morgan fingerprint density at radius 1 is 1.35 bits per heavy atom. The molecule has 2 aromatic rings. The Morgan fingerprint density at radius 3 is 2.65 bits per heavy atom. The van der Waals surface area contributed by atoms with Crippen molar-refractivity contribution < 1.29 is 17.6 Å². The van der Waals surface area contributed by atoms with Crippen LogP contribution in [0, 0.1) is 0 Å². The number of nitrogen functional groups attached to an aromatic ring is 1. The number of halogens is 3. The molecule has 0 aliphatic carbocycles. The van der Waals surface area contributed by atoms with Gasteiger partial charge < -0.3 is 15.1 Å². The number of furan rings is 1. The van der Waals surface area contributed by atoms with Gasteiger partial charge in [0.15, 0.2) is 5.69 Å². The third-order valence-electron chi connectivity index (χ3n) is 2.65. The molecule has 0 saturated heterocycles. The number of hydrogen-bond donors (Lipinski definition) is 1. The van der Waals surface area contributed by atoms with Gasteiger partial charge in [-0.05, 0) is 19.1 Å². The standard InChI is InChI=1S/C12H13F3N4O/c1-2-19(7-8-4-3-5-20-8)10-6-9(12(13,14)15)17-11(16)18-10/h3-6H,2,7H2,1H3,(H2,16,17,18). The molecule has 0 amide bonds. The Kier molecular flexibility index (Phi) is 3.82. The monoisotopic (exact) mass is 286 g/mol. The van der Waals surface area contributed by atoms with E-state index in [2.05, 4.69) is 9.97 Å². The van der Waals surface area contributed by atoms with E-state index in [1.807, 2.05) is 0 Å². The van der Waals surface area contributed by atoms with Gasteiger partial charge in [-0.3, -0.25) is 0 Å². The lowest BCUT2D eigenvalue weighted by Gasteiger charge is -2.21. The van der Waals surface area contributed by atoms with E-state index in [4.69, 9.17) is 10.2 Å². The lowest BCUT2D eigenvalue weighted by atomic mass is 10.3. The number of aromatic nitrogens is 2. The van der Waals surface area contributed by atoms with Gasteiger partial charge in [0, 0.05) is 12.6 Å². The van der Waals surface area contributed by atoms with Crippen LogP contribution in [0.4, 0.5) is 24.9 Å². The minimum absolute atomic E-state index is 0.115. The van der Waals surface area contributed by atoms with Gasteiger partial charge in [0.25, 0.3) is 0 Å². The van der Waals surface area contributed by atoms with E-state index in [1.54, 1.807) is 24.0 Å². The van der Waals surface area contributed by atoms with Crippen molar-refractivity contribution >= 4 is 11.8 Å². The van der Waals surface area contributed by atoms with Gasteiger partial charge in [0.2, 0.25) is 5.95 Å². The van der Waals surface area contributed by atoms with Crippen molar-refractivity contribution in [1.29, 1.82) is 0 Å². The smallest absolute Gasteiger partial charge is 0.433 e. The number of hydrogen-bond acceptors (Lipinski definition) is 5. The zero-order chi connectivity index (χ0) is 14.8. The van der Waals surface area contributed by atoms with Crippen molar-refractivity contribution in [3.05, 3.63) is 35.9 Å². The fourth-order valence-electron chi connectivity index (χ4n) is 1.71. The minimum Gasteiger partial charge on any atom is -0.467 e. The molecule has 0 aromatic carbocycles. The van der Waals surface area contributed by atoms with Crippen LogP contribution in [0.25, 0.3) is 0 Å². The number of nitrogens with zero attached hydrogens (tertiary/aromatic N) is 3. The van der Waals surface area contributed by atoms with Gasteiger partial charge in [0.1, 0.15) is 11.6 Å². The van der Waals surface area contributed by atoms with Gasteiger partial charge in [-0.25, -0.2) is 4.98 Å². The first kappa shape index (κ1) is 14.2. The van der Waals surface area contributed by atoms with E-state index in [-0.39, 0.29) is 5.82 Å². The van der Waals surface area contributed by atoms with Gasteiger partial charge in [-0.15, -0.1) is 0 Å². The molecule has 0 fully saturated rings. The van der Waals surface area contributed by atoms with Crippen LogP contribution in [0.3, 0.4) is 0 Å². The van der Waals surface area contributed by atoms with Crippen LogP contribution in [0.15, 0.2) is 28.9 Å². The zero-order valence-electron chi connectivity index (χ0n) is 10.7. The summed E-state index contributed by atoms with van der Waals surface area (Å²) in [5.74, 6) is 0.328. The summed E-state index contributed by atoms with van der Waals surface area (Å²) >= 11 is 0. The van der Waals surface area contributed by atoms with Crippen molar-refractivity contribution in [3.63, 3.8) is 0 Å². The summed E-state index contributed by atoms with van der Waals surface area (Å²) in [5.41, 5.74) is 4.29. The Hall–Kier alpha value is -2.25. The van der Waals surface area contributed by atoms with E-state index in [0.29, 0.717) is 18.8 Å². The molecule has 0 unspecified atom stereocenters. The highest BCUT2D eigenvalue weighted by molar-refractivity contribution is 5.44. The average molecular weight is 286 g/mol. The Bertz CT molecular complexity index is 569. The third kappa shape index (κ3) is 3.19. The molecule has 0 aliphatic heterocycles. The molecular weight excluding hydrogens is 273 g/mol. The number of nitrogens with two attached hydrogens (primary N) is 1. The van der Waals surface area contributed by atoms with Gasteiger partial charge >= 0.3 is 6.18 Å². The number of alkyl halides is 3. The topological polar surface area (TPSA) is 68.2 Å². The van der Waals surface area contributed by atoms with Crippen molar-refractivity contribution in [2.24, 2.45) is 0 Å². The molecule has 0 bridgehead atoms. The van der Waals surface area contributed by atoms with Crippen LogP contribution < -0.4 is 10.6 Å². The Balaban J connectivity index is 2.32. The molecule has 108 valence electrons. The Labute approximate surface area is 113 Å². The second-order valence-corrected chi connectivity index (χ2v) is 4.06. The first-order valence-electron chi connectivity index (χ1n) is 5.89. The van der Waals surface area contributed by atoms with E-state index in [0.717, 1.165) is 6.07 Å². The molecule has 2 aromatic heterocycles. The molecule has 0 spiro atoms. The molecule has 0 aliphatic rings. The van der Waals surface area contributed by atoms with E-state index < -0.39 is 17.8 Å². The van der Waals surface area contributed by atoms with Crippen molar-refractivity contribution in [3.8, 4) is 0 Å². The molecule has 2 rings (SSSR count). The molecule has 0 saturated carbocycles. The average Bonchev–Trinajstić information content (AvgIpc) is 2.87. The van der Waals surface area contributed by atoms with Crippen molar-refractivity contribution in [2.45, 2.75) is 19.6 Å². The SMILES string of the molecule is CCN(Cc1ccco1)c1cc(C(F)(F)F)nc(N)n1. The Morgan fingerprint density at radius 2 is 2.10 bits per heavy atom. The van der Waals surface area contributed by atoms with Crippen molar-refractivity contribution in [1.82, 2.24) is 9.97 Å². The molecule has 2 heterocycles. The van der Waals surface area contributed by atoms with E-state index in [1.165, 1.54) is 6.26 Å². The molecule has 5 nitrogen and oxygen atoms in total. The van der Waals surface area contributed by atoms with Crippen LogP contribution in [0.5, 0.6) is 0 Å². The number of anilines is 2. The maximum absolute atomic E-state index is 12.7. The first-order valence-corrected chi connectivity index (χ1v) is 5.89. The highest BCUT2D eigenvalue weighted by Crippen LogP contribution is 2.30. The van der Waals surface area contributed by atoms with Crippen LogP contribution in [-0.4, -0.2) is 16.5 Å². The summed E-state index contributed by atoms with van der Waals surface area (Å²) in [4.78, 5) is 8.68. The second-order valence-electron chi connectivity index (χ2n) is 4.06. The first-order chi connectivity index (χ1) is 9.40. The largest absolute Gasteiger partial charge is 0.467 e. The lowest BCUT2D eigenvalue weighted by molar-refractivity contribution is -0.141.